The van der Waals surface area contributed by atoms with E-state index in [-0.39, 0.29) is 30.7 Å². The highest BCUT2D eigenvalue weighted by molar-refractivity contribution is 7.13. The van der Waals surface area contributed by atoms with E-state index in [2.05, 4.69) is 46.8 Å². The van der Waals surface area contributed by atoms with E-state index in [4.69, 9.17) is 0 Å². The van der Waals surface area contributed by atoms with Gasteiger partial charge in [0.25, 0.3) is 0 Å². The number of hydrogen-bond acceptors (Lipinski definition) is 4. The largest absolute Gasteiger partial charge is 0.355 e. The van der Waals surface area contributed by atoms with Crippen molar-refractivity contribution in [1.29, 1.82) is 0 Å². The molecule has 0 aliphatic carbocycles. The number of aryl methyl sites for hydroxylation is 1. The molecular weight excluding hydrogens is 377 g/mol. The number of carbonyl (C=O) groups excluding carboxylic acids is 1. The Balaban J connectivity index is 0.00000156. The molecule has 2 N–H and O–H groups in total. The van der Waals surface area contributed by atoms with Gasteiger partial charge in [0.1, 0.15) is 5.01 Å². The number of carbonyl (C=O) groups is 1. The molecule has 1 aromatic heterocycles. The lowest BCUT2D eigenvalue weighted by atomic mass is 10.00. The summed E-state index contributed by atoms with van der Waals surface area (Å²) in [5, 5.41) is 9.37. The predicted molar refractivity (Wildman–Crippen MR) is 109 cm³/mol. The summed E-state index contributed by atoms with van der Waals surface area (Å²) in [5.41, 5.74) is 3.20. The van der Waals surface area contributed by atoms with Gasteiger partial charge < -0.3 is 10.6 Å². The molecule has 1 atom stereocenters. The first-order chi connectivity index (χ1) is 11.2. The number of piperidine rings is 1. The van der Waals surface area contributed by atoms with Crippen LogP contribution in [0.15, 0.2) is 29.6 Å². The lowest BCUT2D eigenvalue weighted by molar-refractivity contribution is -0.120. The molecule has 1 aromatic carbocycles. The average Bonchev–Trinajstić information content (AvgIpc) is 3.03. The summed E-state index contributed by atoms with van der Waals surface area (Å²) in [4.78, 5) is 16.7. The van der Waals surface area contributed by atoms with Crippen LogP contribution in [0.4, 0.5) is 0 Å². The van der Waals surface area contributed by atoms with E-state index in [0.717, 1.165) is 35.9 Å². The molecule has 0 spiro atoms. The summed E-state index contributed by atoms with van der Waals surface area (Å²) in [6.45, 7) is 4.95. The Labute approximate surface area is 165 Å². The fourth-order valence-electron chi connectivity index (χ4n) is 2.80. The molecule has 0 bridgehead atoms. The first kappa shape index (κ1) is 21.9. The van der Waals surface area contributed by atoms with Crippen molar-refractivity contribution in [3.05, 3.63) is 40.9 Å². The molecule has 2 heterocycles. The van der Waals surface area contributed by atoms with Gasteiger partial charge in [-0.2, -0.15) is 0 Å². The Morgan fingerprint density at radius 1 is 1.32 bits per heavy atom. The Bertz CT molecular complexity index is 655. The van der Waals surface area contributed by atoms with Crippen LogP contribution < -0.4 is 10.6 Å². The van der Waals surface area contributed by atoms with Crippen molar-refractivity contribution in [3.8, 4) is 10.6 Å². The summed E-state index contributed by atoms with van der Waals surface area (Å²) in [5.74, 6) is 0.627. The normalized spacial score (nSPS) is 16.4. The fourth-order valence-corrected chi connectivity index (χ4v) is 3.63. The van der Waals surface area contributed by atoms with E-state index in [1.165, 1.54) is 18.4 Å². The monoisotopic (exact) mass is 401 g/mol. The van der Waals surface area contributed by atoms with Crippen molar-refractivity contribution in [1.82, 2.24) is 15.6 Å². The smallest absolute Gasteiger partial charge is 0.226 e. The molecule has 4 nitrogen and oxygen atoms in total. The second-order valence-corrected chi connectivity index (χ2v) is 7.06. The maximum absolute atomic E-state index is 12.1. The van der Waals surface area contributed by atoms with Gasteiger partial charge >= 0.3 is 0 Å². The molecule has 0 saturated carbocycles. The third-order valence-electron chi connectivity index (χ3n) is 4.18. The molecule has 25 heavy (non-hydrogen) atoms. The van der Waals surface area contributed by atoms with Crippen LogP contribution in [0.5, 0.6) is 0 Å². The van der Waals surface area contributed by atoms with Crippen molar-refractivity contribution >= 4 is 42.1 Å². The van der Waals surface area contributed by atoms with Crippen molar-refractivity contribution in [2.24, 2.45) is 5.92 Å². The average molecular weight is 402 g/mol. The minimum absolute atomic E-state index is 0. The van der Waals surface area contributed by atoms with E-state index >= 15 is 0 Å². The summed E-state index contributed by atoms with van der Waals surface area (Å²) in [6.07, 6.45) is 2.76. The SMILES string of the molecule is Cc1ccc(-c2nc(CC(=O)NCC3CCCNC3)cs2)cc1.Cl.Cl. The molecule has 1 amide bonds. The zero-order valence-corrected chi connectivity index (χ0v) is 16.7. The van der Waals surface area contributed by atoms with E-state index in [1.807, 2.05) is 5.38 Å². The number of benzene rings is 1. The standard InChI is InChI=1S/C18H23N3OS.2ClH/c1-13-4-6-15(7-5-13)18-21-16(12-23-18)9-17(22)20-11-14-3-2-8-19-10-14;;/h4-7,12,14,19H,2-3,8-11H2,1H3,(H,20,22);2*1H. The topological polar surface area (TPSA) is 54.0 Å². The van der Waals surface area contributed by atoms with Crippen molar-refractivity contribution < 1.29 is 4.79 Å². The molecule has 1 fully saturated rings. The van der Waals surface area contributed by atoms with Crippen LogP contribution in [0, 0.1) is 12.8 Å². The summed E-state index contributed by atoms with van der Waals surface area (Å²) >= 11 is 1.60. The van der Waals surface area contributed by atoms with E-state index in [9.17, 15) is 4.79 Å². The maximum atomic E-state index is 12.1. The Morgan fingerprint density at radius 3 is 2.76 bits per heavy atom. The number of rotatable bonds is 5. The van der Waals surface area contributed by atoms with Crippen LogP contribution in [0.25, 0.3) is 10.6 Å². The van der Waals surface area contributed by atoms with E-state index in [0.29, 0.717) is 12.3 Å². The number of amides is 1. The van der Waals surface area contributed by atoms with Gasteiger partial charge in [-0.1, -0.05) is 29.8 Å². The zero-order valence-electron chi connectivity index (χ0n) is 14.3. The molecule has 0 radical (unpaired) electrons. The van der Waals surface area contributed by atoms with Crippen LogP contribution >= 0.6 is 36.2 Å². The van der Waals surface area contributed by atoms with Crippen molar-refractivity contribution in [3.63, 3.8) is 0 Å². The highest BCUT2D eigenvalue weighted by Crippen LogP contribution is 2.24. The van der Waals surface area contributed by atoms with Gasteiger partial charge in [0.05, 0.1) is 12.1 Å². The van der Waals surface area contributed by atoms with Crippen LogP contribution in [0.3, 0.4) is 0 Å². The minimum atomic E-state index is 0. The number of nitrogens with zero attached hydrogens (tertiary/aromatic N) is 1. The number of thiazole rings is 1. The maximum Gasteiger partial charge on any atom is 0.226 e. The van der Waals surface area contributed by atoms with Gasteiger partial charge in [-0.3, -0.25) is 4.79 Å². The number of aromatic nitrogens is 1. The van der Waals surface area contributed by atoms with Gasteiger partial charge in [-0.15, -0.1) is 36.2 Å². The Morgan fingerprint density at radius 2 is 2.08 bits per heavy atom. The third kappa shape index (κ3) is 6.59. The molecule has 7 heteroatoms. The van der Waals surface area contributed by atoms with Gasteiger partial charge in [0.2, 0.25) is 5.91 Å². The first-order valence-corrected chi connectivity index (χ1v) is 9.07. The lowest BCUT2D eigenvalue weighted by Crippen LogP contribution is -2.38. The quantitative estimate of drug-likeness (QED) is 0.803. The molecule has 1 aliphatic rings. The summed E-state index contributed by atoms with van der Waals surface area (Å²) in [6, 6.07) is 8.32. The number of nitrogens with one attached hydrogen (secondary N) is 2. The second-order valence-electron chi connectivity index (χ2n) is 6.20. The Hall–Kier alpha value is -1.14. The molecule has 3 rings (SSSR count). The summed E-state index contributed by atoms with van der Waals surface area (Å²) in [7, 11) is 0. The van der Waals surface area contributed by atoms with Crippen LogP contribution in [-0.2, 0) is 11.2 Å². The second kappa shape index (κ2) is 10.8. The number of halogens is 2. The zero-order chi connectivity index (χ0) is 16.1. The molecule has 1 unspecified atom stereocenters. The predicted octanol–water partition coefficient (Wildman–Crippen LogP) is 3.62. The van der Waals surface area contributed by atoms with Gasteiger partial charge in [0, 0.05) is 17.5 Å². The van der Waals surface area contributed by atoms with Crippen molar-refractivity contribution in [2.75, 3.05) is 19.6 Å². The highest BCUT2D eigenvalue weighted by atomic mass is 35.5. The lowest BCUT2D eigenvalue weighted by Gasteiger charge is -2.22. The molecule has 1 aliphatic heterocycles. The van der Waals surface area contributed by atoms with Crippen LogP contribution in [0.2, 0.25) is 0 Å². The summed E-state index contributed by atoms with van der Waals surface area (Å²) < 4.78 is 0. The van der Waals surface area contributed by atoms with Crippen LogP contribution in [0.1, 0.15) is 24.1 Å². The van der Waals surface area contributed by atoms with Crippen molar-refractivity contribution in [2.45, 2.75) is 26.2 Å². The molecule has 2 aromatic rings. The third-order valence-corrected chi connectivity index (χ3v) is 5.12. The fraction of sp³-hybridized carbons (Fsp3) is 0.444. The van der Waals surface area contributed by atoms with Gasteiger partial charge in [-0.25, -0.2) is 4.98 Å². The highest BCUT2D eigenvalue weighted by Gasteiger charge is 2.14. The van der Waals surface area contributed by atoms with Gasteiger partial charge in [-0.05, 0) is 38.8 Å². The minimum Gasteiger partial charge on any atom is -0.355 e. The molecule has 138 valence electrons. The van der Waals surface area contributed by atoms with Crippen LogP contribution in [-0.4, -0.2) is 30.5 Å². The van der Waals surface area contributed by atoms with E-state index < -0.39 is 0 Å². The molecular formula is C18H25Cl2N3OS. The Kier molecular flexibility index (Phi) is 9.43. The first-order valence-electron chi connectivity index (χ1n) is 8.19. The van der Waals surface area contributed by atoms with Gasteiger partial charge in [0.15, 0.2) is 0 Å². The number of hydrogen-bond donors (Lipinski definition) is 2. The molecule has 1 saturated heterocycles. The van der Waals surface area contributed by atoms with E-state index in [1.54, 1.807) is 11.3 Å².